The van der Waals surface area contributed by atoms with Crippen molar-refractivity contribution in [1.82, 2.24) is 15.5 Å². The van der Waals surface area contributed by atoms with Crippen LogP contribution in [0.1, 0.15) is 197 Å². The number of hydrogen-bond donors (Lipinski definition) is 15. The SMILES string of the molecule is CC(CCC(=O)N(C)CCCNC(=O)C(O)C(O)C(CC1OC(CO)C(O)C(C)C1O)C(O)CO)C1CCC2C3C(C[C@H](O)[C@]12C)[C@@]1(C)CC[C@@H](O)CC1C[C@H]3O.CCCCNC(=O)CCC(C)C1CCC2C3C(C[C@H](O)[C@]12C)[C@@]1(C)CC[C@@H](O)CC1C[C@H]3O. The van der Waals surface area contributed by atoms with Crippen molar-refractivity contribution in [2.24, 2.45) is 105 Å². The Hall–Kier alpha value is -2.15. The molecule has 1 heterocycles. The van der Waals surface area contributed by atoms with Crippen molar-refractivity contribution >= 4 is 17.7 Å². The highest BCUT2D eigenvalue weighted by Gasteiger charge is 2.68. The van der Waals surface area contributed by atoms with Crippen molar-refractivity contribution < 1.29 is 85.5 Å². The monoisotopic (exact) mass is 1280 g/mol. The lowest BCUT2D eigenvalue weighted by Gasteiger charge is -2.63. The van der Waals surface area contributed by atoms with Gasteiger partial charge in [0.25, 0.3) is 5.91 Å². The standard InChI is InChI=1S/C42H74N2O13.C28H49NO4/c1-21(26-8-9-27-35-28(18-33(50)42(26,27)4)41(3)12-11-24(47)15-23(41)16-29(35)48)7-10-34(51)44(5)14-6-13-43-40(56)39(55)38(54)25(30(49)19-45)17-31-36(52)22(2)37(53)32(20-46)57-31;1-5-6-13-29-25(33)10-7-17(2)20-8-9-21-26-22(16-24(32)28(20,21)4)27(3)12-11-19(30)14-18(27)15-23(26)31/h21-33,35-39,45-50,52-55H,6-20H2,1-5H3,(H,43,56);17-24,26,30-32H,5-16H2,1-4H3,(H,29,33)/t21?,22?,23?,24-,25?,26?,27?,28?,29-,30?,31?,32?,33+,35?,36?,37?,38?,39?,41+,42-;17?,18?,19-,20?,21?,22?,23-,24+,26?,27+,28-/m11/s1. The highest BCUT2D eigenvalue weighted by Crippen LogP contribution is 2.70. The van der Waals surface area contributed by atoms with E-state index >= 15 is 0 Å². The highest BCUT2D eigenvalue weighted by molar-refractivity contribution is 5.81. The highest BCUT2D eigenvalue weighted by atomic mass is 16.5. The van der Waals surface area contributed by atoms with Gasteiger partial charge in [-0.05, 0) is 215 Å². The van der Waals surface area contributed by atoms with E-state index in [0.717, 1.165) is 103 Å². The molecule has 20 heteroatoms. The van der Waals surface area contributed by atoms with E-state index in [-0.39, 0.29) is 112 Å². The Bertz CT molecular complexity index is 2340. The van der Waals surface area contributed by atoms with Crippen LogP contribution in [0.15, 0.2) is 0 Å². The van der Waals surface area contributed by atoms with E-state index in [1.807, 2.05) is 0 Å². The molecule has 1 saturated heterocycles. The van der Waals surface area contributed by atoms with Crippen LogP contribution in [-0.2, 0) is 19.1 Å². The summed E-state index contributed by atoms with van der Waals surface area (Å²) >= 11 is 0. The van der Waals surface area contributed by atoms with Crippen LogP contribution in [0.25, 0.3) is 0 Å². The second-order valence-electron chi connectivity index (χ2n) is 32.1. The second kappa shape index (κ2) is 30.5. The van der Waals surface area contributed by atoms with Crippen LogP contribution in [0.4, 0.5) is 0 Å². The Labute approximate surface area is 537 Å². The summed E-state index contributed by atoms with van der Waals surface area (Å²) < 4.78 is 5.60. The Morgan fingerprint density at radius 2 is 1.11 bits per heavy atom. The first-order valence-electron chi connectivity index (χ1n) is 35.6. The molecule has 0 bridgehead atoms. The maximum atomic E-state index is 13.2. The van der Waals surface area contributed by atoms with E-state index in [0.29, 0.717) is 74.7 Å². The lowest BCUT2D eigenvalue weighted by molar-refractivity contribution is -0.216. The molecule has 9 aliphatic rings. The molecule has 1 aliphatic heterocycles. The molecule has 31 atom stereocenters. The minimum absolute atomic E-state index is 0.01000. The Balaban J connectivity index is 0.000000267. The summed E-state index contributed by atoms with van der Waals surface area (Å²) in [5, 5.41) is 145. The predicted molar refractivity (Wildman–Crippen MR) is 338 cm³/mol. The summed E-state index contributed by atoms with van der Waals surface area (Å²) in [6, 6.07) is 0. The number of nitrogens with zero attached hydrogens (tertiary/aromatic N) is 1. The first-order valence-corrected chi connectivity index (χ1v) is 35.6. The van der Waals surface area contributed by atoms with Crippen LogP contribution >= 0.6 is 0 Å². The molecule has 8 aliphatic carbocycles. The van der Waals surface area contributed by atoms with Gasteiger partial charge in [0, 0.05) is 51.4 Å². The minimum Gasteiger partial charge on any atom is -0.394 e. The number of nitrogens with one attached hydrogen (secondary N) is 2. The van der Waals surface area contributed by atoms with Crippen molar-refractivity contribution in [2.45, 2.75) is 276 Å². The van der Waals surface area contributed by atoms with Gasteiger partial charge < -0.3 is 86.7 Å². The number of aliphatic hydroxyl groups excluding tert-OH is 13. The predicted octanol–water partition coefficient (Wildman–Crippen LogP) is 3.81. The van der Waals surface area contributed by atoms with Crippen molar-refractivity contribution in [3.8, 4) is 0 Å². The van der Waals surface area contributed by atoms with Crippen LogP contribution in [0.3, 0.4) is 0 Å². The molecule has 9 fully saturated rings. The van der Waals surface area contributed by atoms with E-state index in [2.05, 4.69) is 59.1 Å². The fourth-order valence-corrected chi connectivity index (χ4v) is 21.7. The first-order chi connectivity index (χ1) is 42.4. The van der Waals surface area contributed by atoms with Gasteiger partial charge in [-0.25, -0.2) is 0 Å². The maximum absolute atomic E-state index is 13.2. The van der Waals surface area contributed by atoms with Gasteiger partial charge in [0.05, 0.1) is 80.4 Å². The summed E-state index contributed by atoms with van der Waals surface area (Å²) in [6.07, 6.45) is 4.60. The van der Waals surface area contributed by atoms with E-state index in [1.54, 1.807) is 18.9 Å². The Morgan fingerprint density at radius 1 is 0.622 bits per heavy atom. The van der Waals surface area contributed by atoms with Gasteiger partial charge in [-0.15, -0.1) is 0 Å². The largest absolute Gasteiger partial charge is 0.394 e. The van der Waals surface area contributed by atoms with Gasteiger partial charge in [0.15, 0.2) is 6.10 Å². The smallest absolute Gasteiger partial charge is 0.251 e. The molecule has 90 heavy (non-hydrogen) atoms. The van der Waals surface area contributed by atoms with Gasteiger partial charge in [-0.1, -0.05) is 61.8 Å². The van der Waals surface area contributed by atoms with Gasteiger partial charge in [-0.3, -0.25) is 14.4 Å². The zero-order valence-electron chi connectivity index (χ0n) is 56.1. The zero-order chi connectivity index (χ0) is 66.1. The van der Waals surface area contributed by atoms with Crippen molar-refractivity contribution in [1.29, 1.82) is 0 Å². The summed E-state index contributed by atoms with van der Waals surface area (Å²) in [5.74, 6) is 0.455. The topological polar surface area (TPSA) is 351 Å². The zero-order valence-corrected chi connectivity index (χ0v) is 56.1. The number of ether oxygens (including phenoxy) is 1. The van der Waals surface area contributed by atoms with Gasteiger partial charge in [0.2, 0.25) is 11.8 Å². The first kappa shape index (κ1) is 73.7. The van der Waals surface area contributed by atoms with Crippen LogP contribution in [0.2, 0.25) is 0 Å². The molecule has 9 rings (SSSR count). The fraction of sp³-hybridized carbons (Fsp3) is 0.957. The molecular weight excluding hydrogens is 1150 g/mol. The van der Waals surface area contributed by atoms with Gasteiger partial charge in [0.1, 0.15) is 6.10 Å². The maximum Gasteiger partial charge on any atom is 0.251 e. The number of aliphatic hydroxyl groups is 13. The van der Waals surface area contributed by atoms with Crippen molar-refractivity contribution in [2.75, 3.05) is 39.9 Å². The molecule has 20 nitrogen and oxygen atoms in total. The van der Waals surface area contributed by atoms with Crippen LogP contribution in [0, 0.1) is 105 Å². The summed E-state index contributed by atoms with van der Waals surface area (Å²) in [6.45, 7) is 17.2. The number of fused-ring (bicyclic) bond motifs is 10. The number of rotatable bonds is 23. The summed E-state index contributed by atoms with van der Waals surface area (Å²) in [5.41, 5.74) is -0.407. The molecule has 0 aromatic carbocycles. The number of unbranched alkanes of at least 4 members (excludes halogenated alkanes) is 1. The molecule has 0 radical (unpaired) electrons. The average Bonchev–Trinajstić information content (AvgIpc) is 1.34. The lowest BCUT2D eigenvalue weighted by Crippen LogP contribution is -2.62. The summed E-state index contributed by atoms with van der Waals surface area (Å²) in [4.78, 5) is 39.9. The number of carbonyl (C=O) groups is 3. The molecule has 520 valence electrons. The third kappa shape index (κ3) is 14.6. The molecule has 0 aromatic heterocycles. The third-order valence-electron chi connectivity index (χ3n) is 27.5. The molecule has 0 spiro atoms. The quantitative estimate of drug-likeness (QED) is 0.0647. The van der Waals surface area contributed by atoms with Crippen LogP contribution in [0.5, 0.6) is 0 Å². The van der Waals surface area contributed by atoms with Crippen molar-refractivity contribution in [3.63, 3.8) is 0 Å². The van der Waals surface area contributed by atoms with Crippen molar-refractivity contribution in [3.05, 3.63) is 0 Å². The number of hydrogen-bond acceptors (Lipinski definition) is 17. The Morgan fingerprint density at radius 3 is 1.60 bits per heavy atom. The minimum atomic E-state index is -2.00. The molecular formula is C70H123N3O17. The van der Waals surface area contributed by atoms with Gasteiger partial charge in [-0.2, -0.15) is 0 Å². The molecule has 15 N–H and O–H groups in total. The van der Waals surface area contributed by atoms with E-state index in [9.17, 15) is 80.8 Å². The average molecular weight is 1280 g/mol. The number of carbonyl (C=O) groups excluding carboxylic acids is 3. The van der Waals surface area contributed by atoms with Gasteiger partial charge >= 0.3 is 0 Å². The van der Waals surface area contributed by atoms with Crippen LogP contribution < -0.4 is 10.6 Å². The van der Waals surface area contributed by atoms with E-state index in [1.165, 1.54) is 0 Å². The molecule has 0 aromatic rings. The second-order valence-corrected chi connectivity index (χ2v) is 32.1. The molecule has 8 saturated carbocycles. The van der Waals surface area contributed by atoms with E-state index < -0.39 is 85.9 Å². The van der Waals surface area contributed by atoms with Crippen LogP contribution in [-0.4, -0.2) is 208 Å². The van der Waals surface area contributed by atoms with E-state index in [4.69, 9.17) is 4.74 Å². The number of amides is 3. The summed E-state index contributed by atoms with van der Waals surface area (Å²) in [7, 11) is 1.69. The lowest BCUT2D eigenvalue weighted by atomic mass is 9.43. The molecule has 21 unspecified atom stereocenters. The Kier molecular flexibility index (Phi) is 25.0. The molecule has 3 amide bonds. The fourth-order valence-electron chi connectivity index (χ4n) is 21.7. The normalized spacial score (nSPS) is 44.8. The third-order valence-corrected chi connectivity index (χ3v) is 27.5.